The normalized spacial score (nSPS) is 11.7. The smallest absolute Gasteiger partial charge is 0.408 e. The van der Waals surface area contributed by atoms with E-state index in [-0.39, 0.29) is 10.5 Å². The number of H-pyrrole nitrogens is 1. The van der Waals surface area contributed by atoms with Crippen LogP contribution in [-0.4, -0.2) is 19.7 Å². The van der Waals surface area contributed by atoms with Crippen molar-refractivity contribution < 1.29 is 12.8 Å². The van der Waals surface area contributed by atoms with E-state index < -0.39 is 15.8 Å². The van der Waals surface area contributed by atoms with Crippen molar-refractivity contribution in [2.45, 2.75) is 9.79 Å². The molecule has 0 aliphatic carbocycles. The summed E-state index contributed by atoms with van der Waals surface area (Å²) < 4.78 is 32.2. The van der Waals surface area contributed by atoms with Gasteiger partial charge >= 0.3 is 5.76 Å². The van der Waals surface area contributed by atoms with Gasteiger partial charge in [0.25, 0.3) is 10.0 Å². The predicted molar refractivity (Wildman–Crippen MR) is 85.9 cm³/mol. The first kappa shape index (κ1) is 14.7. The molecule has 6 nitrogen and oxygen atoms in total. The van der Waals surface area contributed by atoms with Crippen molar-refractivity contribution in [3.8, 4) is 0 Å². The summed E-state index contributed by atoms with van der Waals surface area (Å²) >= 11 is 1.52. The minimum Gasteiger partial charge on any atom is -0.408 e. The molecule has 0 fully saturated rings. The highest BCUT2D eigenvalue weighted by atomic mass is 32.2. The Morgan fingerprint density at radius 3 is 2.77 bits per heavy atom. The maximum absolute atomic E-state index is 12.4. The Hall–Kier alpha value is -2.19. The number of aromatic amines is 1. The van der Waals surface area contributed by atoms with E-state index in [1.165, 1.54) is 30.0 Å². The van der Waals surface area contributed by atoms with Crippen LogP contribution in [0, 0.1) is 0 Å². The number of hydrogen-bond acceptors (Lipinski definition) is 5. The summed E-state index contributed by atoms with van der Waals surface area (Å²) in [6, 6.07) is 11.3. The number of thioether (sulfide) groups is 1. The summed E-state index contributed by atoms with van der Waals surface area (Å²) in [5.74, 6) is -0.620. The monoisotopic (exact) mass is 336 g/mol. The second-order valence-electron chi connectivity index (χ2n) is 4.51. The van der Waals surface area contributed by atoms with Crippen LogP contribution in [0.3, 0.4) is 0 Å². The van der Waals surface area contributed by atoms with E-state index >= 15 is 0 Å². The molecule has 0 amide bonds. The summed E-state index contributed by atoms with van der Waals surface area (Å²) in [6.07, 6.45) is 1.91. The van der Waals surface area contributed by atoms with Crippen LogP contribution in [-0.2, 0) is 10.0 Å². The lowest BCUT2D eigenvalue weighted by Gasteiger charge is -2.08. The Balaban J connectivity index is 1.98. The molecule has 1 aromatic heterocycles. The van der Waals surface area contributed by atoms with E-state index in [1.807, 2.05) is 12.3 Å². The Labute approximate surface area is 130 Å². The van der Waals surface area contributed by atoms with Crippen LogP contribution in [0.1, 0.15) is 0 Å². The Morgan fingerprint density at radius 2 is 2.00 bits per heavy atom. The van der Waals surface area contributed by atoms with Crippen LogP contribution in [0.25, 0.3) is 11.1 Å². The number of anilines is 1. The highest BCUT2D eigenvalue weighted by Gasteiger charge is 2.16. The predicted octanol–water partition coefficient (Wildman–Crippen LogP) is 2.64. The molecule has 22 heavy (non-hydrogen) atoms. The molecule has 1 heterocycles. The Morgan fingerprint density at radius 1 is 1.18 bits per heavy atom. The summed E-state index contributed by atoms with van der Waals surface area (Å²) in [7, 11) is -3.76. The summed E-state index contributed by atoms with van der Waals surface area (Å²) in [4.78, 5) is 14.6. The van der Waals surface area contributed by atoms with Crippen molar-refractivity contribution in [2.24, 2.45) is 0 Å². The number of benzene rings is 2. The number of hydrogen-bond donors (Lipinski definition) is 2. The van der Waals surface area contributed by atoms with E-state index in [0.29, 0.717) is 11.2 Å². The third-order valence-corrected chi connectivity index (χ3v) is 5.13. The number of sulfonamides is 1. The van der Waals surface area contributed by atoms with Gasteiger partial charge in [-0.1, -0.05) is 6.07 Å². The fourth-order valence-electron chi connectivity index (χ4n) is 1.99. The van der Waals surface area contributed by atoms with Crippen LogP contribution >= 0.6 is 11.8 Å². The lowest BCUT2D eigenvalue weighted by atomic mass is 10.3. The fraction of sp³-hybridized carbons (Fsp3) is 0.0714. The number of rotatable bonds is 4. The molecule has 0 bridgehead atoms. The number of fused-ring (bicyclic) bond motifs is 1. The van der Waals surface area contributed by atoms with Crippen molar-refractivity contribution >= 4 is 38.6 Å². The molecule has 0 atom stereocenters. The Kier molecular flexibility index (Phi) is 3.71. The van der Waals surface area contributed by atoms with Gasteiger partial charge < -0.3 is 4.42 Å². The van der Waals surface area contributed by atoms with Gasteiger partial charge in [0.1, 0.15) is 0 Å². The Bertz CT molecular complexity index is 989. The highest BCUT2D eigenvalue weighted by molar-refractivity contribution is 7.98. The van der Waals surface area contributed by atoms with E-state index in [9.17, 15) is 13.2 Å². The molecule has 0 aliphatic rings. The van der Waals surface area contributed by atoms with E-state index in [1.54, 1.807) is 18.2 Å². The standard InChI is InChI=1S/C14H12N2O4S2/c1-21-10-4-2-3-9(7-10)16-22(18,19)11-5-6-12-13(8-11)20-14(17)15-12/h2-8,16H,1H3,(H,15,17). The molecular weight excluding hydrogens is 324 g/mol. The molecule has 2 aromatic carbocycles. The SMILES string of the molecule is CSc1cccc(NS(=O)(=O)c2ccc3[nH]c(=O)oc3c2)c1. The second-order valence-corrected chi connectivity index (χ2v) is 7.07. The van der Waals surface area contributed by atoms with Gasteiger partial charge in [0.2, 0.25) is 0 Å². The molecule has 8 heteroatoms. The minimum atomic E-state index is -3.76. The molecule has 3 rings (SSSR count). The minimum absolute atomic E-state index is 0.0253. The molecule has 3 aromatic rings. The highest BCUT2D eigenvalue weighted by Crippen LogP contribution is 2.23. The quantitative estimate of drug-likeness (QED) is 0.715. The lowest BCUT2D eigenvalue weighted by Crippen LogP contribution is -2.12. The summed E-state index contributed by atoms with van der Waals surface area (Å²) in [5.41, 5.74) is 1.13. The third kappa shape index (κ3) is 2.88. The van der Waals surface area contributed by atoms with Gasteiger partial charge in [0.05, 0.1) is 10.4 Å². The number of nitrogens with one attached hydrogen (secondary N) is 2. The van der Waals surface area contributed by atoms with E-state index in [0.717, 1.165) is 4.90 Å². The maximum Gasteiger partial charge on any atom is 0.417 e. The van der Waals surface area contributed by atoms with Crippen LogP contribution in [0.5, 0.6) is 0 Å². The third-order valence-electron chi connectivity index (χ3n) is 3.02. The average molecular weight is 336 g/mol. The van der Waals surface area contributed by atoms with Crippen LogP contribution in [0.2, 0.25) is 0 Å². The lowest BCUT2D eigenvalue weighted by molar-refractivity contribution is 0.554. The molecule has 0 saturated carbocycles. The molecule has 2 N–H and O–H groups in total. The second kappa shape index (κ2) is 5.54. The summed E-state index contributed by atoms with van der Waals surface area (Å²) in [6.45, 7) is 0. The molecule has 0 spiro atoms. The van der Waals surface area contributed by atoms with Crippen molar-refractivity contribution in [3.63, 3.8) is 0 Å². The van der Waals surface area contributed by atoms with E-state index in [4.69, 9.17) is 4.42 Å². The molecule has 0 radical (unpaired) electrons. The van der Waals surface area contributed by atoms with Gasteiger partial charge in [0, 0.05) is 16.6 Å². The van der Waals surface area contributed by atoms with E-state index in [2.05, 4.69) is 9.71 Å². The first-order chi connectivity index (χ1) is 10.5. The van der Waals surface area contributed by atoms with Crippen LogP contribution in [0.4, 0.5) is 5.69 Å². The number of aromatic nitrogens is 1. The van der Waals surface area contributed by atoms with Gasteiger partial charge in [-0.15, -0.1) is 11.8 Å². The molecular formula is C14H12N2O4S2. The molecule has 0 aliphatic heterocycles. The largest absolute Gasteiger partial charge is 0.417 e. The molecule has 114 valence electrons. The van der Waals surface area contributed by atoms with Crippen molar-refractivity contribution in [2.75, 3.05) is 11.0 Å². The van der Waals surface area contributed by atoms with Crippen molar-refractivity contribution in [1.82, 2.24) is 4.98 Å². The topological polar surface area (TPSA) is 92.2 Å². The van der Waals surface area contributed by atoms with Crippen LogP contribution in [0.15, 0.2) is 61.5 Å². The van der Waals surface area contributed by atoms with Crippen molar-refractivity contribution in [1.29, 1.82) is 0 Å². The van der Waals surface area contributed by atoms with Gasteiger partial charge in [-0.2, -0.15) is 0 Å². The molecule has 0 saturated heterocycles. The summed E-state index contributed by atoms with van der Waals surface area (Å²) in [5, 5.41) is 0. The zero-order chi connectivity index (χ0) is 15.7. The number of oxazole rings is 1. The van der Waals surface area contributed by atoms with Gasteiger partial charge in [0.15, 0.2) is 5.58 Å². The zero-order valence-corrected chi connectivity index (χ0v) is 13.1. The zero-order valence-electron chi connectivity index (χ0n) is 11.5. The van der Waals surface area contributed by atoms with Gasteiger partial charge in [-0.25, -0.2) is 13.2 Å². The van der Waals surface area contributed by atoms with Gasteiger partial charge in [-0.3, -0.25) is 9.71 Å². The van der Waals surface area contributed by atoms with Crippen LogP contribution < -0.4 is 10.5 Å². The first-order valence-corrected chi connectivity index (χ1v) is 8.98. The maximum atomic E-state index is 12.4. The first-order valence-electron chi connectivity index (χ1n) is 6.28. The van der Waals surface area contributed by atoms with Crippen molar-refractivity contribution in [3.05, 3.63) is 53.0 Å². The van der Waals surface area contributed by atoms with Gasteiger partial charge in [-0.05, 0) is 36.6 Å². The average Bonchev–Trinajstić information content (AvgIpc) is 2.86. The molecule has 0 unspecified atom stereocenters. The fourth-order valence-corrected chi connectivity index (χ4v) is 3.52.